The van der Waals surface area contributed by atoms with Gasteiger partial charge in [-0.15, -0.1) is 0 Å². The minimum Gasteiger partial charge on any atom is -0.486 e. The number of nitrogens with two attached hydrogens (primary N) is 1. The van der Waals surface area contributed by atoms with Crippen LogP contribution in [0.25, 0.3) is 10.9 Å². The van der Waals surface area contributed by atoms with Crippen LogP contribution in [0.4, 0.5) is 5.95 Å². The first-order valence-corrected chi connectivity index (χ1v) is 5.58. The lowest BCUT2D eigenvalue weighted by molar-refractivity contribution is 0.142. The second-order valence-electron chi connectivity index (χ2n) is 4.03. The highest BCUT2D eigenvalue weighted by molar-refractivity contribution is 5.84. The number of nitrogens with zero attached hydrogens (tertiary/aromatic N) is 2. The lowest BCUT2D eigenvalue weighted by atomic mass is 10.2. The van der Waals surface area contributed by atoms with Gasteiger partial charge < -0.3 is 15.2 Å². The van der Waals surface area contributed by atoms with Gasteiger partial charge in [0.15, 0.2) is 0 Å². The molecule has 17 heavy (non-hydrogen) atoms. The van der Waals surface area contributed by atoms with E-state index in [9.17, 15) is 0 Å². The molecule has 0 bridgehead atoms. The Hall–Kier alpha value is -1.88. The SMILES string of the molecule is Nc1ncc2cccc(OC3CCOC3)c2n1. The molecule has 1 fully saturated rings. The largest absolute Gasteiger partial charge is 0.486 e. The normalized spacial score (nSPS) is 19.6. The van der Waals surface area contributed by atoms with Crippen LogP contribution in [0.5, 0.6) is 5.75 Å². The van der Waals surface area contributed by atoms with Crippen molar-refractivity contribution in [2.24, 2.45) is 0 Å². The van der Waals surface area contributed by atoms with Crippen molar-refractivity contribution in [3.05, 3.63) is 24.4 Å². The molecule has 1 aliphatic rings. The maximum atomic E-state index is 5.87. The van der Waals surface area contributed by atoms with Gasteiger partial charge in [-0.1, -0.05) is 12.1 Å². The number of para-hydroxylation sites is 1. The molecule has 3 rings (SSSR count). The van der Waals surface area contributed by atoms with Crippen LogP contribution < -0.4 is 10.5 Å². The van der Waals surface area contributed by atoms with E-state index in [-0.39, 0.29) is 12.1 Å². The number of hydrogen-bond acceptors (Lipinski definition) is 5. The first-order valence-electron chi connectivity index (χ1n) is 5.58. The van der Waals surface area contributed by atoms with Crippen molar-refractivity contribution in [1.29, 1.82) is 0 Å². The van der Waals surface area contributed by atoms with Crippen molar-refractivity contribution in [1.82, 2.24) is 9.97 Å². The first kappa shape index (κ1) is 10.3. The van der Waals surface area contributed by atoms with Gasteiger partial charge in [-0.25, -0.2) is 9.97 Å². The molecule has 0 amide bonds. The zero-order chi connectivity index (χ0) is 11.7. The smallest absolute Gasteiger partial charge is 0.220 e. The fourth-order valence-electron chi connectivity index (χ4n) is 1.92. The molecule has 5 heteroatoms. The van der Waals surface area contributed by atoms with E-state index in [1.807, 2.05) is 18.2 Å². The summed E-state index contributed by atoms with van der Waals surface area (Å²) in [4.78, 5) is 8.19. The Balaban J connectivity index is 1.99. The highest BCUT2D eigenvalue weighted by atomic mass is 16.5. The number of ether oxygens (including phenoxy) is 2. The second-order valence-corrected chi connectivity index (χ2v) is 4.03. The van der Waals surface area contributed by atoms with Gasteiger partial charge in [0.1, 0.15) is 17.4 Å². The van der Waals surface area contributed by atoms with Gasteiger partial charge in [0.2, 0.25) is 5.95 Å². The molecule has 1 aromatic heterocycles. The van der Waals surface area contributed by atoms with Crippen molar-refractivity contribution >= 4 is 16.9 Å². The third kappa shape index (κ3) is 2.01. The number of rotatable bonds is 2. The van der Waals surface area contributed by atoms with Crippen molar-refractivity contribution < 1.29 is 9.47 Å². The predicted molar refractivity (Wildman–Crippen MR) is 63.8 cm³/mol. The number of benzene rings is 1. The maximum Gasteiger partial charge on any atom is 0.220 e. The molecule has 1 atom stereocenters. The molecule has 1 aliphatic heterocycles. The monoisotopic (exact) mass is 231 g/mol. The summed E-state index contributed by atoms with van der Waals surface area (Å²) in [5, 5.41) is 0.926. The highest BCUT2D eigenvalue weighted by Crippen LogP contribution is 2.25. The molecule has 0 saturated carbocycles. The highest BCUT2D eigenvalue weighted by Gasteiger charge is 2.18. The Bertz CT molecular complexity index is 538. The van der Waals surface area contributed by atoms with Crippen LogP contribution in [0.3, 0.4) is 0 Å². The van der Waals surface area contributed by atoms with Gasteiger partial charge in [-0.05, 0) is 6.07 Å². The molecule has 88 valence electrons. The third-order valence-corrected chi connectivity index (χ3v) is 2.77. The Morgan fingerprint density at radius 1 is 1.41 bits per heavy atom. The molecule has 2 N–H and O–H groups in total. The number of hydrogen-bond donors (Lipinski definition) is 1. The summed E-state index contributed by atoms with van der Waals surface area (Å²) in [5.74, 6) is 1.00. The van der Waals surface area contributed by atoms with Crippen molar-refractivity contribution in [2.75, 3.05) is 18.9 Å². The molecule has 1 saturated heterocycles. The number of anilines is 1. The minimum atomic E-state index is 0.108. The van der Waals surface area contributed by atoms with Gasteiger partial charge in [-0.2, -0.15) is 0 Å². The van der Waals surface area contributed by atoms with E-state index in [4.69, 9.17) is 15.2 Å². The number of fused-ring (bicyclic) bond motifs is 1. The van der Waals surface area contributed by atoms with Crippen LogP contribution in [-0.4, -0.2) is 29.3 Å². The minimum absolute atomic E-state index is 0.108. The molecule has 5 nitrogen and oxygen atoms in total. The van der Waals surface area contributed by atoms with Crippen molar-refractivity contribution in [3.8, 4) is 5.75 Å². The van der Waals surface area contributed by atoms with Crippen molar-refractivity contribution in [3.63, 3.8) is 0 Å². The molecule has 0 aliphatic carbocycles. The molecule has 2 heterocycles. The number of aromatic nitrogens is 2. The summed E-state index contributed by atoms with van der Waals surface area (Å²) in [5.41, 5.74) is 6.35. The first-order chi connectivity index (χ1) is 8.33. The Morgan fingerprint density at radius 2 is 2.35 bits per heavy atom. The van der Waals surface area contributed by atoms with E-state index < -0.39 is 0 Å². The standard InChI is InChI=1S/C12H13N3O2/c13-12-14-6-8-2-1-3-10(11(8)15-12)17-9-4-5-16-7-9/h1-3,6,9H,4-5,7H2,(H2,13,14,15). The molecule has 0 spiro atoms. The lowest BCUT2D eigenvalue weighted by Crippen LogP contribution is -2.16. The van der Waals surface area contributed by atoms with E-state index in [0.29, 0.717) is 6.61 Å². The average molecular weight is 231 g/mol. The van der Waals surface area contributed by atoms with Gasteiger partial charge >= 0.3 is 0 Å². The third-order valence-electron chi connectivity index (χ3n) is 2.77. The van der Waals surface area contributed by atoms with E-state index in [0.717, 1.165) is 29.7 Å². The van der Waals surface area contributed by atoms with E-state index >= 15 is 0 Å². The zero-order valence-corrected chi connectivity index (χ0v) is 9.30. The van der Waals surface area contributed by atoms with Gasteiger partial charge in [0.05, 0.1) is 13.2 Å². The van der Waals surface area contributed by atoms with E-state index in [1.54, 1.807) is 6.20 Å². The average Bonchev–Trinajstić information content (AvgIpc) is 2.83. The Morgan fingerprint density at radius 3 is 3.18 bits per heavy atom. The van der Waals surface area contributed by atoms with Crippen LogP contribution in [0.2, 0.25) is 0 Å². The van der Waals surface area contributed by atoms with Crippen LogP contribution in [0.15, 0.2) is 24.4 Å². The molecular weight excluding hydrogens is 218 g/mol. The van der Waals surface area contributed by atoms with Crippen LogP contribution in [-0.2, 0) is 4.74 Å². The van der Waals surface area contributed by atoms with Crippen LogP contribution in [0.1, 0.15) is 6.42 Å². The molecule has 1 aromatic carbocycles. The maximum absolute atomic E-state index is 5.87. The number of nitrogen functional groups attached to an aromatic ring is 1. The van der Waals surface area contributed by atoms with Crippen LogP contribution in [0, 0.1) is 0 Å². The van der Waals surface area contributed by atoms with Gasteiger partial charge in [-0.3, -0.25) is 0 Å². The summed E-state index contributed by atoms with van der Waals surface area (Å²) >= 11 is 0. The van der Waals surface area contributed by atoms with Crippen molar-refractivity contribution in [2.45, 2.75) is 12.5 Å². The second kappa shape index (κ2) is 4.18. The summed E-state index contributed by atoms with van der Waals surface area (Å²) < 4.78 is 11.2. The topological polar surface area (TPSA) is 70.3 Å². The van der Waals surface area contributed by atoms with Gasteiger partial charge in [0, 0.05) is 18.0 Å². The van der Waals surface area contributed by atoms with E-state index in [1.165, 1.54) is 0 Å². The Kier molecular flexibility index (Phi) is 2.53. The van der Waals surface area contributed by atoms with Gasteiger partial charge in [0.25, 0.3) is 0 Å². The van der Waals surface area contributed by atoms with Crippen LogP contribution >= 0.6 is 0 Å². The Labute approximate surface area is 98.6 Å². The quantitative estimate of drug-likeness (QED) is 0.845. The fourth-order valence-corrected chi connectivity index (χ4v) is 1.92. The fraction of sp³-hybridized carbons (Fsp3) is 0.333. The summed E-state index contributed by atoms with van der Waals surface area (Å²) in [7, 11) is 0. The summed E-state index contributed by atoms with van der Waals surface area (Å²) in [6.07, 6.45) is 2.73. The molecular formula is C12H13N3O2. The zero-order valence-electron chi connectivity index (χ0n) is 9.30. The van der Waals surface area contributed by atoms with E-state index in [2.05, 4.69) is 9.97 Å². The molecule has 1 unspecified atom stereocenters. The lowest BCUT2D eigenvalue weighted by Gasteiger charge is -2.13. The predicted octanol–water partition coefficient (Wildman–Crippen LogP) is 1.38. The summed E-state index contributed by atoms with van der Waals surface area (Å²) in [6.45, 7) is 1.39. The molecule has 0 radical (unpaired) electrons. The molecule has 2 aromatic rings. The summed E-state index contributed by atoms with van der Waals surface area (Å²) in [6, 6.07) is 5.76.